The van der Waals surface area contributed by atoms with Crippen LogP contribution < -0.4 is 11.1 Å². The van der Waals surface area contributed by atoms with Gasteiger partial charge in [0.1, 0.15) is 0 Å². The molecule has 0 fully saturated rings. The smallest absolute Gasteiger partial charge is 0.0791 e. The molecule has 21 heavy (non-hydrogen) atoms. The van der Waals surface area contributed by atoms with Crippen molar-refractivity contribution < 1.29 is 5.11 Å². The van der Waals surface area contributed by atoms with Gasteiger partial charge in [-0.2, -0.15) is 0 Å². The lowest BCUT2D eigenvalue weighted by atomic mass is 10.2. The van der Waals surface area contributed by atoms with E-state index in [-0.39, 0.29) is 6.10 Å². The number of unbranched alkanes of at least 4 members (excludes halogenated alkanes) is 5. The normalized spacial score (nSPS) is 13.0. The summed E-state index contributed by atoms with van der Waals surface area (Å²) in [4.78, 5) is 2.42. The number of nitrogens with two attached hydrogens (primary N) is 1. The zero-order valence-corrected chi connectivity index (χ0v) is 14.4. The van der Waals surface area contributed by atoms with E-state index in [1.54, 1.807) is 0 Å². The molecule has 0 saturated heterocycles. The van der Waals surface area contributed by atoms with Gasteiger partial charge in [-0.05, 0) is 51.9 Å². The van der Waals surface area contributed by atoms with Crippen molar-refractivity contribution in [1.29, 1.82) is 0 Å². The van der Waals surface area contributed by atoms with Crippen molar-refractivity contribution >= 4 is 0 Å². The lowest BCUT2D eigenvalue weighted by Gasteiger charge is -2.25. The summed E-state index contributed by atoms with van der Waals surface area (Å²) in [6.45, 7) is 10.0. The molecule has 0 saturated carbocycles. The molecule has 0 amide bonds. The first-order chi connectivity index (χ1) is 10.2. The van der Waals surface area contributed by atoms with Gasteiger partial charge in [0, 0.05) is 13.1 Å². The minimum Gasteiger partial charge on any atom is -0.390 e. The second-order valence-corrected chi connectivity index (χ2v) is 6.07. The van der Waals surface area contributed by atoms with Crippen LogP contribution in [0.2, 0.25) is 0 Å². The Morgan fingerprint density at radius 3 is 2.14 bits per heavy atom. The molecular formula is C17H39N3O. The number of nitrogens with one attached hydrogen (secondary N) is 1. The Hall–Kier alpha value is -0.160. The molecule has 0 spiro atoms. The molecule has 1 atom stereocenters. The lowest BCUT2D eigenvalue weighted by molar-refractivity contribution is 0.109. The molecule has 0 aliphatic carbocycles. The van der Waals surface area contributed by atoms with E-state index in [0.717, 1.165) is 39.1 Å². The molecule has 0 radical (unpaired) electrons. The van der Waals surface area contributed by atoms with Crippen molar-refractivity contribution in [2.45, 2.75) is 71.3 Å². The highest BCUT2D eigenvalue weighted by molar-refractivity contribution is 4.67. The average Bonchev–Trinajstić information content (AvgIpc) is 2.49. The number of aliphatic hydroxyl groups excluding tert-OH is 1. The number of nitrogens with zero attached hydrogens (tertiary/aromatic N) is 1. The first-order valence-electron chi connectivity index (χ1n) is 9.05. The second-order valence-electron chi connectivity index (χ2n) is 6.07. The second kappa shape index (κ2) is 16.2. The fourth-order valence-electron chi connectivity index (χ4n) is 2.44. The van der Waals surface area contributed by atoms with Gasteiger partial charge in [0.05, 0.1) is 6.10 Å². The summed E-state index contributed by atoms with van der Waals surface area (Å²) >= 11 is 0. The Bertz CT molecular complexity index is 194. The van der Waals surface area contributed by atoms with E-state index in [9.17, 15) is 5.11 Å². The standard InChI is InChI=1S/C17H39N3O/c1-3-5-13-20(14-6-4-2)16-17(21)15-19-12-10-8-7-9-11-18/h17,19,21H,3-16,18H2,1-2H3. The van der Waals surface area contributed by atoms with Gasteiger partial charge in [0.25, 0.3) is 0 Å². The molecule has 0 rings (SSSR count). The molecule has 0 aromatic heterocycles. The van der Waals surface area contributed by atoms with Gasteiger partial charge in [0.15, 0.2) is 0 Å². The molecule has 4 N–H and O–H groups in total. The third-order valence-electron chi connectivity index (χ3n) is 3.81. The molecule has 128 valence electrons. The van der Waals surface area contributed by atoms with Crippen LogP contribution in [0, 0.1) is 0 Å². The molecule has 0 bridgehead atoms. The average molecular weight is 302 g/mol. The summed E-state index contributed by atoms with van der Waals surface area (Å²) in [6.07, 6.45) is 9.43. The van der Waals surface area contributed by atoms with Crippen molar-refractivity contribution in [3.05, 3.63) is 0 Å². The maximum absolute atomic E-state index is 10.1. The lowest BCUT2D eigenvalue weighted by Crippen LogP contribution is -2.39. The van der Waals surface area contributed by atoms with E-state index in [1.807, 2.05) is 0 Å². The topological polar surface area (TPSA) is 61.5 Å². The van der Waals surface area contributed by atoms with Crippen LogP contribution in [0.5, 0.6) is 0 Å². The zero-order valence-electron chi connectivity index (χ0n) is 14.4. The third kappa shape index (κ3) is 14.5. The maximum atomic E-state index is 10.1. The molecular weight excluding hydrogens is 262 g/mol. The van der Waals surface area contributed by atoms with Gasteiger partial charge in [-0.1, -0.05) is 39.5 Å². The summed E-state index contributed by atoms with van der Waals surface area (Å²) in [7, 11) is 0. The fourth-order valence-corrected chi connectivity index (χ4v) is 2.44. The van der Waals surface area contributed by atoms with Gasteiger partial charge in [-0.25, -0.2) is 0 Å². The Kier molecular flexibility index (Phi) is 16.1. The predicted octanol–water partition coefficient (Wildman–Crippen LogP) is 2.36. The highest BCUT2D eigenvalue weighted by atomic mass is 16.3. The maximum Gasteiger partial charge on any atom is 0.0791 e. The van der Waals surface area contributed by atoms with Crippen LogP contribution in [0.4, 0.5) is 0 Å². The Morgan fingerprint density at radius 2 is 1.57 bits per heavy atom. The van der Waals surface area contributed by atoms with Gasteiger partial charge in [-0.15, -0.1) is 0 Å². The molecule has 0 aliphatic heterocycles. The summed E-state index contributed by atoms with van der Waals surface area (Å²) in [5, 5.41) is 13.5. The summed E-state index contributed by atoms with van der Waals surface area (Å²) in [5.74, 6) is 0. The molecule has 0 aliphatic rings. The van der Waals surface area contributed by atoms with Crippen LogP contribution in [0.1, 0.15) is 65.2 Å². The van der Waals surface area contributed by atoms with Gasteiger partial charge >= 0.3 is 0 Å². The van der Waals surface area contributed by atoms with E-state index in [4.69, 9.17) is 5.73 Å². The van der Waals surface area contributed by atoms with Crippen LogP contribution in [0.15, 0.2) is 0 Å². The molecule has 0 aromatic carbocycles. The van der Waals surface area contributed by atoms with E-state index in [0.29, 0.717) is 6.54 Å². The van der Waals surface area contributed by atoms with Gasteiger partial charge in [0.2, 0.25) is 0 Å². The highest BCUT2D eigenvalue weighted by Gasteiger charge is 2.10. The molecule has 1 unspecified atom stereocenters. The minimum absolute atomic E-state index is 0.247. The van der Waals surface area contributed by atoms with Crippen molar-refractivity contribution in [2.24, 2.45) is 5.73 Å². The largest absolute Gasteiger partial charge is 0.390 e. The molecule has 0 heterocycles. The summed E-state index contributed by atoms with van der Waals surface area (Å²) < 4.78 is 0. The number of hydrogen-bond acceptors (Lipinski definition) is 4. The quantitative estimate of drug-likeness (QED) is 0.383. The van der Waals surface area contributed by atoms with Crippen LogP contribution >= 0.6 is 0 Å². The Balaban J connectivity index is 3.63. The predicted molar refractivity (Wildman–Crippen MR) is 92.7 cm³/mol. The first kappa shape index (κ1) is 20.8. The van der Waals surface area contributed by atoms with Crippen molar-refractivity contribution in [3.63, 3.8) is 0 Å². The number of aliphatic hydroxyl groups is 1. The Morgan fingerprint density at radius 1 is 0.952 bits per heavy atom. The van der Waals surface area contributed by atoms with Crippen LogP contribution in [-0.4, -0.2) is 55.4 Å². The Labute approximate surface area is 132 Å². The van der Waals surface area contributed by atoms with Gasteiger partial charge in [-0.3, -0.25) is 0 Å². The van der Waals surface area contributed by atoms with Crippen LogP contribution in [0.3, 0.4) is 0 Å². The minimum atomic E-state index is -0.247. The molecule has 4 nitrogen and oxygen atoms in total. The zero-order chi connectivity index (χ0) is 15.8. The van der Waals surface area contributed by atoms with Crippen molar-refractivity contribution in [1.82, 2.24) is 10.2 Å². The number of hydrogen-bond donors (Lipinski definition) is 3. The summed E-state index contributed by atoms with van der Waals surface area (Å²) in [6, 6.07) is 0. The number of rotatable bonds is 16. The highest BCUT2D eigenvalue weighted by Crippen LogP contribution is 2.01. The van der Waals surface area contributed by atoms with Crippen LogP contribution in [-0.2, 0) is 0 Å². The molecule has 4 heteroatoms. The van der Waals surface area contributed by atoms with Gasteiger partial charge < -0.3 is 21.1 Å². The van der Waals surface area contributed by atoms with E-state index in [1.165, 1.54) is 44.9 Å². The van der Waals surface area contributed by atoms with Crippen LogP contribution in [0.25, 0.3) is 0 Å². The summed E-state index contributed by atoms with van der Waals surface area (Å²) in [5.41, 5.74) is 5.47. The first-order valence-corrected chi connectivity index (χ1v) is 9.05. The SMILES string of the molecule is CCCCN(CCCC)CC(O)CNCCCCCCN. The van der Waals surface area contributed by atoms with Crippen molar-refractivity contribution in [2.75, 3.05) is 39.3 Å². The van der Waals surface area contributed by atoms with E-state index >= 15 is 0 Å². The van der Waals surface area contributed by atoms with E-state index in [2.05, 4.69) is 24.1 Å². The third-order valence-corrected chi connectivity index (χ3v) is 3.81. The molecule has 0 aromatic rings. The van der Waals surface area contributed by atoms with E-state index < -0.39 is 0 Å². The van der Waals surface area contributed by atoms with Crippen molar-refractivity contribution in [3.8, 4) is 0 Å². The fraction of sp³-hybridized carbons (Fsp3) is 1.00. The monoisotopic (exact) mass is 301 g/mol.